The number of amides is 1. The first-order valence-corrected chi connectivity index (χ1v) is 9.59. The minimum Gasteiger partial charge on any atom is -0.360 e. The molecule has 0 saturated heterocycles. The Morgan fingerprint density at radius 1 is 1.38 bits per heavy atom. The Labute approximate surface area is 161 Å². The quantitative estimate of drug-likeness (QED) is 0.800. The fourth-order valence-corrected chi connectivity index (χ4v) is 4.03. The number of aromatic nitrogens is 2. The summed E-state index contributed by atoms with van der Waals surface area (Å²) in [5.41, 5.74) is 2.94. The maximum absolute atomic E-state index is 12.8. The predicted octanol–water partition coefficient (Wildman–Crippen LogP) is 3.33. The Balaban J connectivity index is 1.61. The number of nitrogens with zero attached hydrogens (tertiary/aromatic N) is 3. The van der Waals surface area contributed by atoms with Crippen LogP contribution in [0.5, 0.6) is 0 Å². The van der Waals surface area contributed by atoms with Crippen molar-refractivity contribution in [1.29, 1.82) is 0 Å². The molecule has 0 radical (unpaired) electrons. The van der Waals surface area contributed by atoms with E-state index in [1.54, 1.807) is 6.20 Å². The number of halogens is 1. The number of likely N-dealkylation sites (N-methyl/N-ethyl adjacent to an activating group) is 1. The Morgan fingerprint density at radius 2 is 2.15 bits per heavy atom. The summed E-state index contributed by atoms with van der Waals surface area (Å²) in [6.07, 6.45) is 5.40. The normalized spacial score (nSPS) is 22.5. The van der Waals surface area contributed by atoms with Gasteiger partial charge in [-0.3, -0.25) is 9.78 Å². The molecule has 7 heteroatoms. The maximum atomic E-state index is 12.8. The predicted molar refractivity (Wildman–Crippen MR) is 105 cm³/mol. The summed E-state index contributed by atoms with van der Waals surface area (Å²) >= 11 is 3.53. The highest BCUT2D eigenvalue weighted by molar-refractivity contribution is 9.10. The molecule has 2 aromatic rings. The average molecular weight is 416 g/mol. The van der Waals surface area contributed by atoms with Gasteiger partial charge in [-0.1, -0.05) is 15.9 Å². The zero-order valence-corrected chi connectivity index (χ0v) is 16.7. The van der Waals surface area contributed by atoms with Crippen LogP contribution in [0, 0.1) is 12.8 Å². The smallest absolute Gasteiger partial charge is 0.271 e. The van der Waals surface area contributed by atoms with Crippen LogP contribution in [0.15, 0.2) is 35.1 Å². The molecule has 2 atom stereocenters. The van der Waals surface area contributed by atoms with Crippen molar-refractivity contribution in [3.05, 3.63) is 46.5 Å². The van der Waals surface area contributed by atoms with Gasteiger partial charge in [0.15, 0.2) is 0 Å². The van der Waals surface area contributed by atoms with Crippen LogP contribution in [-0.2, 0) is 0 Å². The van der Waals surface area contributed by atoms with Crippen molar-refractivity contribution in [2.75, 3.05) is 17.3 Å². The highest BCUT2D eigenvalue weighted by Crippen LogP contribution is 2.46. The average Bonchev–Trinajstić information content (AvgIpc) is 3.40. The van der Waals surface area contributed by atoms with Crippen LogP contribution in [0.1, 0.15) is 35.9 Å². The van der Waals surface area contributed by atoms with Gasteiger partial charge in [-0.15, -0.1) is 0 Å². The van der Waals surface area contributed by atoms with Crippen molar-refractivity contribution in [1.82, 2.24) is 15.3 Å². The molecule has 1 aromatic carbocycles. The third-order valence-corrected chi connectivity index (χ3v) is 5.90. The summed E-state index contributed by atoms with van der Waals surface area (Å²) in [5.74, 6) is 0.276. The van der Waals surface area contributed by atoms with E-state index in [4.69, 9.17) is 0 Å². The lowest BCUT2D eigenvalue weighted by Crippen LogP contribution is -2.62. The molecule has 4 rings (SSSR count). The van der Waals surface area contributed by atoms with Gasteiger partial charge in [-0.2, -0.15) is 0 Å². The minimum absolute atomic E-state index is 0.0331. The van der Waals surface area contributed by atoms with Gasteiger partial charge in [0, 0.05) is 17.7 Å². The monoisotopic (exact) mass is 415 g/mol. The van der Waals surface area contributed by atoms with Crippen molar-refractivity contribution in [2.24, 2.45) is 5.92 Å². The van der Waals surface area contributed by atoms with E-state index in [-0.39, 0.29) is 11.9 Å². The van der Waals surface area contributed by atoms with Crippen molar-refractivity contribution in [3.63, 3.8) is 0 Å². The van der Waals surface area contributed by atoms with E-state index in [1.165, 1.54) is 6.20 Å². The molecule has 0 bridgehead atoms. The molecular formula is C19H22BrN5O. The van der Waals surface area contributed by atoms with E-state index in [9.17, 15) is 4.79 Å². The zero-order chi connectivity index (χ0) is 18.5. The number of carbonyl (C=O) groups excluding carboxylic acids is 1. The molecule has 26 heavy (non-hydrogen) atoms. The largest absolute Gasteiger partial charge is 0.360 e. The molecular weight excluding hydrogens is 394 g/mol. The number of anilines is 2. The van der Waals surface area contributed by atoms with Crippen LogP contribution in [0.3, 0.4) is 0 Å². The van der Waals surface area contributed by atoms with Crippen LogP contribution in [-0.4, -0.2) is 34.6 Å². The molecule has 1 unspecified atom stereocenters. The van der Waals surface area contributed by atoms with Gasteiger partial charge in [0.1, 0.15) is 11.4 Å². The number of aryl methyl sites for hydroxylation is 1. The standard InChI is InChI=1S/C19H22BrN5O/c1-11-9-22-15(10-21-11)18(26)23-17(12-4-5-12)19(2)24-14-8-13(20)6-7-16(14)25(19)3/h6-10,12,17,24H,4-5H2,1-3H3,(H,23,26)/t17-,19?/m0/s1. The van der Waals surface area contributed by atoms with E-state index in [2.05, 4.69) is 67.5 Å². The lowest BCUT2D eigenvalue weighted by atomic mass is 9.96. The van der Waals surface area contributed by atoms with Crippen molar-refractivity contribution in [2.45, 2.75) is 38.4 Å². The molecule has 0 spiro atoms. The number of hydrogen-bond donors (Lipinski definition) is 2. The molecule has 1 amide bonds. The second-order valence-corrected chi connectivity index (χ2v) is 8.24. The van der Waals surface area contributed by atoms with E-state index in [0.717, 1.165) is 34.4 Å². The Bertz CT molecular complexity index is 852. The second-order valence-electron chi connectivity index (χ2n) is 7.32. The third-order valence-electron chi connectivity index (χ3n) is 5.40. The third kappa shape index (κ3) is 2.94. The lowest BCUT2D eigenvalue weighted by molar-refractivity contribution is 0.0908. The van der Waals surface area contributed by atoms with Crippen molar-refractivity contribution >= 4 is 33.2 Å². The summed E-state index contributed by atoms with van der Waals surface area (Å²) in [6, 6.07) is 6.17. The summed E-state index contributed by atoms with van der Waals surface area (Å²) in [4.78, 5) is 23.4. The van der Waals surface area contributed by atoms with Gasteiger partial charge in [0.05, 0.1) is 29.3 Å². The molecule has 6 nitrogen and oxygen atoms in total. The first-order valence-electron chi connectivity index (χ1n) is 8.79. The van der Waals surface area contributed by atoms with Crippen molar-refractivity contribution in [3.8, 4) is 0 Å². The van der Waals surface area contributed by atoms with E-state index < -0.39 is 5.66 Å². The molecule has 2 N–H and O–H groups in total. The Morgan fingerprint density at radius 3 is 2.81 bits per heavy atom. The highest BCUT2D eigenvalue weighted by Gasteiger charge is 2.50. The van der Waals surface area contributed by atoms with Crippen LogP contribution in [0.2, 0.25) is 0 Å². The second kappa shape index (κ2) is 6.23. The molecule has 1 saturated carbocycles. The summed E-state index contributed by atoms with van der Waals surface area (Å²) in [7, 11) is 2.07. The molecule has 136 valence electrons. The number of benzene rings is 1. The molecule has 1 fully saturated rings. The molecule has 1 aromatic heterocycles. The first-order chi connectivity index (χ1) is 12.4. The fraction of sp³-hybridized carbons (Fsp3) is 0.421. The van der Waals surface area contributed by atoms with Gasteiger partial charge in [0.2, 0.25) is 0 Å². The fourth-order valence-electron chi connectivity index (χ4n) is 3.67. The number of nitrogens with one attached hydrogen (secondary N) is 2. The summed E-state index contributed by atoms with van der Waals surface area (Å²) in [6.45, 7) is 4.00. The molecule has 1 aliphatic heterocycles. The topological polar surface area (TPSA) is 70.2 Å². The van der Waals surface area contributed by atoms with Crippen LogP contribution in [0.4, 0.5) is 11.4 Å². The Hall–Kier alpha value is -2.15. The zero-order valence-electron chi connectivity index (χ0n) is 15.1. The van der Waals surface area contributed by atoms with E-state index in [1.807, 2.05) is 13.0 Å². The highest BCUT2D eigenvalue weighted by atomic mass is 79.9. The van der Waals surface area contributed by atoms with E-state index in [0.29, 0.717) is 11.6 Å². The van der Waals surface area contributed by atoms with Crippen LogP contribution >= 0.6 is 15.9 Å². The maximum Gasteiger partial charge on any atom is 0.271 e. The van der Waals surface area contributed by atoms with E-state index >= 15 is 0 Å². The van der Waals surface area contributed by atoms with Gasteiger partial charge in [-0.05, 0) is 50.8 Å². The van der Waals surface area contributed by atoms with Gasteiger partial charge < -0.3 is 15.5 Å². The van der Waals surface area contributed by atoms with Crippen molar-refractivity contribution < 1.29 is 4.79 Å². The summed E-state index contributed by atoms with van der Waals surface area (Å²) in [5, 5.41) is 6.85. The number of carbonyl (C=O) groups is 1. The lowest BCUT2D eigenvalue weighted by Gasteiger charge is -2.41. The SMILES string of the molecule is Cc1cnc(C(=O)N[C@@H](C2CC2)C2(C)Nc3cc(Br)ccc3N2C)cn1. The van der Waals surface area contributed by atoms with Gasteiger partial charge >= 0.3 is 0 Å². The molecule has 2 aliphatic rings. The molecule has 2 heterocycles. The van der Waals surface area contributed by atoms with Crippen LogP contribution < -0.4 is 15.5 Å². The number of hydrogen-bond acceptors (Lipinski definition) is 5. The minimum atomic E-state index is -0.405. The van der Waals surface area contributed by atoms with Crippen LogP contribution in [0.25, 0.3) is 0 Å². The number of rotatable bonds is 4. The summed E-state index contributed by atoms with van der Waals surface area (Å²) < 4.78 is 1.03. The first kappa shape index (κ1) is 17.3. The molecule has 1 aliphatic carbocycles. The Kier molecular flexibility index (Phi) is 4.14. The van der Waals surface area contributed by atoms with Gasteiger partial charge in [0.25, 0.3) is 5.91 Å². The van der Waals surface area contributed by atoms with Gasteiger partial charge in [-0.25, -0.2) is 4.98 Å². The number of fused-ring (bicyclic) bond motifs is 1.